The maximum Gasteiger partial charge on any atom is 0.309 e. The van der Waals surface area contributed by atoms with Crippen molar-refractivity contribution >= 4 is 23.5 Å². The summed E-state index contributed by atoms with van der Waals surface area (Å²) in [7, 11) is 2.42. The first-order valence-electron chi connectivity index (χ1n) is 4.95. The van der Waals surface area contributed by atoms with Crippen molar-refractivity contribution in [2.24, 2.45) is 11.8 Å². The molecule has 1 saturated carbocycles. The second kappa shape index (κ2) is 4.99. The van der Waals surface area contributed by atoms with Gasteiger partial charge in [-0.05, 0) is 12.8 Å². The van der Waals surface area contributed by atoms with Crippen LogP contribution in [-0.4, -0.2) is 31.3 Å². The molecule has 6 heteroatoms. The van der Waals surface area contributed by atoms with E-state index in [1.54, 1.807) is 0 Å². The van der Waals surface area contributed by atoms with Gasteiger partial charge in [0.25, 0.3) is 0 Å². The van der Waals surface area contributed by atoms with Crippen LogP contribution in [0.5, 0.6) is 0 Å². The molecule has 1 aliphatic carbocycles. The Morgan fingerprint density at radius 3 is 2.25 bits per heavy atom. The van der Waals surface area contributed by atoms with Crippen molar-refractivity contribution in [1.82, 2.24) is 0 Å². The summed E-state index contributed by atoms with van der Waals surface area (Å²) in [5, 5.41) is -1.94. The number of esters is 2. The van der Waals surface area contributed by atoms with E-state index in [-0.39, 0.29) is 19.3 Å². The van der Waals surface area contributed by atoms with Gasteiger partial charge in [-0.1, -0.05) is 11.6 Å². The number of rotatable bonds is 2. The molecule has 3 unspecified atom stereocenters. The molecule has 3 atom stereocenters. The fraction of sp³-hybridized carbons (Fsp3) is 0.800. The van der Waals surface area contributed by atoms with Crippen molar-refractivity contribution < 1.29 is 23.5 Å². The van der Waals surface area contributed by atoms with Gasteiger partial charge < -0.3 is 9.47 Å². The monoisotopic (exact) mass is 252 g/mol. The molecule has 16 heavy (non-hydrogen) atoms. The van der Waals surface area contributed by atoms with Gasteiger partial charge in [-0.3, -0.25) is 9.59 Å². The molecule has 92 valence electrons. The normalized spacial score (nSPS) is 34.2. The van der Waals surface area contributed by atoms with E-state index in [0.29, 0.717) is 0 Å². The van der Waals surface area contributed by atoms with E-state index in [4.69, 9.17) is 11.6 Å². The number of hydrogen-bond donors (Lipinski definition) is 0. The average Bonchev–Trinajstić information content (AvgIpc) is 2.25. The lowest BCUT2D eigenvalue weighted by Crippen LogP contribution is -2.40. The van der Waals surface area contributed by atoms with E-state index >= 15 is 0 Å². The number of alkyl halides is 2. The van der Waals surface area contributed by atoms with Crippen LogP contribution in [0.4, 0.5) is 4.39 Å². The van der Waals surface area contributed by atoms with Gasteiger partial charge in [0, 0.05) is 6.42 Å². The minimum atomic E-state index is -1.94. The van der Waals surface area contributed by atoms with Crippen molar-refractivity contribution in [3.8, 4) is 0 Å². The maximum atomic E-state index is 13.6. The Morgan fingerprint density at radius 1 is 1.25 bits per heavy atom. The molecule has 0 amide bonds. The number of methoxy groups -OCH3 is 2. The summed E-state index contributed by atoms with van der Waals surface area (Å²) < 4.78 is 22.7. The first kappa shape index (κ1) is 13.2. The summed E-state index contributed by atoms with van der Waals surface area (Å²) in [5.41, 5.74) is 0. The molecule has 0 radical (unpaired) electrons. The third-order valence-corrected chi connectivity index (χ3v) is 3.18. The van der Waals surface area contributed by atoms with E-state index in [0.717, 1.165) is 0 Å². The third kappa shape index (κ3) is 2.84. The number of halogens is 2. The topological polar surface area (TPSA) is 52.6 Å². The molecule has 0 N–H and O–H groups in total. The molecule has 1 rings (SSSR count). The minimum absolute atomic E-state index is 0.0296. The van der Waals surface area contributed by atoms with Crippen LogP contribution in [0, 0.1) is 11.8 Å². The van der Waals surface area contributed by atoms with Gasteiger partial charge in [0.2, 0.25) is 0 Å². The Bertz CT molecular complexity index is 293. The van der Waals surface area contributed by atoms with E-state index in [1.165, 1.54) is 14.2 Å². The number of carbonyl (C=O) groups is 2. The second-order valence-corrected chi connectivity index (χ2v) is 4.54. The molecule has 0 aromatic heterocycles. The quantitative estimate of drug-likeness (QED) is 0.554. The summed E-state index contributed by atoms with van der Waals surface area (Å²) in [6.45, 7) is 0. The van der Waals surface area contributed by atoms with Crippen LogP contribution in [0.25, 0.3) is 0 Å². The fourth-order valence-electron chi connectivity index (χ4n) is 1.97. The second-order valence-electron chi connectivity index (χ2n) is 3.86. The van der Waals surface area contributed by atoms with Gasteiger partial charge in [0.15, 0.2) is 5.13 Å². The smallest absolute Gasteiger partial charge is 0.309 e. The van der Waals surface area contributed by atoms with Gasteiger partial charge in [-0.15, -0.1) is 0 Å². The van der Waals surface area contributed by atoms with E-state index in [2.05, 4.69) is 9.47 Å². The van der Waals surface area contributed by atoms with Crippen molar-refractivity contribution in [1.29, 1.82) is 0 Å². The highest BCUT2D eigenvalue weighted by molar-refractivity contribution is 6.23. The summed E-state index contributed by atoms with van der Waals surface area (Å²) in [4.78, 5) is 22.8. The molecule has 0 saturated heterocycles. The highest BCUT2D eigenvalue weighted by atomic mass is 35.5. The molecule has 1 aliphatic rings. The molecule has 0 spiro atoms. The Balaban J connectivity index is 2.84. The van der Waals surface area contributed by atoms with Crippen LogP contribution < -0.4 is 0 Å². The average molecular weight is 253 g/mol. The Labute approximate surface area is 98.0 Å². The predicted octanol–water partition coefficient (Wildman–Crippen LogP) is 1.65. The lowest BCUT2D eigenvalue weighted by atomic mass is 9.78. The van der Waals surface area contributed by atoms with Crippen LogP contribution in [0.1, 0.15) is 19.3 Å². The predicted molar refractivity (Wildman–Crippen MR) is 54.6 cm³/mol. The molecule has 0 aliphatic heterocycles. The Kier molecular flexibility index (Phi) is 4.13. The van der Waals surface area contributed by atoms with Crippen molar-refractivity contribution in [3.05, 3.63) is 0 Å². The van der Waals surface area contributed by atoms with Crippen LogP contribution in [0.3, 0.4) is 0 Å². The molecule has 0 aromatic rings. The van der Waals surface area contributed by atoms with Crippen LogP contribution in [0.2, 0.25) is 0 Å². The Hall–Kier alpha value is -0.840. The van der Waals surface area contributed by atoms with Crippen molar-refractivity contribution in [2.75, 3.05) is 14.2 Å². The molecule has 0 bridgehead atoms. The van der Waals surface area contributed by atoms with Gasteiger partial charge in [-0.25, -0.2) is 4.39 Å². The SMILES string of the molecule is COC(=O)C1CCC(F)(Cl)CC1C(=O)OC. The van der Waals surface area contributed by atoms with Crippen molar-refractivity contribution in [3.63, 3.8) is 0 Å². The summed E-state index contributed by atoms with van der Waals surface area (Å²) in [6.07, 6.45) is -0.00471. The lowest BCUT2D eigenvalue weighted by Gasteiger charge is -2.33. The molecular weight excluding hydrogens is 239 g/mol. The summed E-state index contributed by atoms with van der Waals surface area (Å²) >= 11 is 5.55. The molecular formula is C10H14ClFO4. The first-order chi connectivity index (χ1) is 7.41. The molecule has 4 nitrogen and oxygen atoms in total. The lowest BCUT2D eigenvalue weighted by molar-refractivity contribution is -0.161. The van der Waals surface area contributed by atoms with Crippen LogP contribution in [-0.2, 0) is 19.1 Å². The van der Waals surface area contributed by atoms with E-state index < -0.39 is 28.9 Å². The minimum Gasteiger partial charge on any atom is -0.469 e. The zero-order valence-corrected chi connectivity index (χ0v) is 9.92. The number of hydrogen-bond acceptors (Lipinski definition) is 4. The molecule has 0 aromatic carbocycles. The number of carbonyl (C=O) groups excluding carboxylic acids is 2. The Morgan fingerprint density at radius 2 is 1.75 bits per heavy atom. The fourth-order valence-corrected chi connectivity index (χ4v) is 2.24. The third-order valence-electron chi connectivity index (χ3n) is 2.83. The van der Waals surface area contributed by atoms with E-state index in [1.807, 2.05) is 0 Å². The summed E-state index contributed by atoms with van der Waals surface area (Å²) in [6, 6.07) is 0. The largest absolute Gasteiger partial charge is 0.469 e. The highest BCUT2D eigenvalue weighted by Gasteiger charge is 2.46. The standard InChI is InChI=1S/C10H14ClFO4/c1-15-8(13)6-3-4-10(11,12)5-7(6)9(14)16-2/h6-7H,3-5H2,1-2H3. The van der Waals surface area contributed by atoms with Crippen LogP contribution >= 0.6 is 11.6 Å². The van der Waals surface area contributed by atoms with Gasteiger partial charge >= 0.3 is 11.9 Å². The molecule has 1 fully saturated rings. The molecule has 0 heterocycles. The zero-order valence-electron chi connectivity index (χ0n) is 9.16. The van der Waals surface area contributed by atoms with Gasteiger partial charge in [0.05, 0.1) is 26.1 Å². The summed E-state index contributed by atoms with van der Waals surface area (Å²) in [5.74, 6) is -2.69. The number of ether oxygens (including phenoxy) is 2. The van der Waals surface area contributed by atoms with Crippen molar-refractivity contribution in [2.45, 2.75) is 24.4 Å². The van der Waals surface area contributed by atoms with E-state index in [9.17, 15) is 14.0 Å². The van der Waals surface area contributed by atoms with Gasteiger partial charge in [0.1, 0.15) is 0 Å². The zero-order chi connectivity index (χ0) is 12.3. The van der Waals surface area contributed by atoms with Gasteiger partial charge in [-0.2, -0.15) is 0 Å². The van der Waals surface area contributed by atoms with Crippen LogP contribution in [0.15, 0.2) is 0 Å². The first-order valence-corrected chi connectivity index (χ1v) is 5.32. The highest BCUT2D eigenvalue weighted by Crippen LogP contribution is 2.42. The maximum absolute atomic E-state index is 13.6.